The van der Waals surface area contributed by atoms with Gasteiger partial charge in [0.05, 0.1) is 12.2 Å². The van der Waals surface area contributed by atoms with E-state index in [0.717, 1.165) is 32.4 Å². The van der Waals surface area contributed by atoms with Gasteiger partial charge in [-0.2, -0.15) is 0 Å². The number of aliphatic hydroxyl groups excluding tert-OH is 2. The second-order valence-corrected chi connectivity index (χ2v) is 8.41. The van der Waals surface area contributed by atoms with Crippen molar-refractivity contribution in [2.75, 3.05) is 13.1 Å². The van der Waals surface area contributed by atoms with Crippen molar-refractivity contribution in [3.05, 3.63) is 23.8 Å². The van der Waals surface area contributed by atoms with E-state index >= 15 is 0 Å². The van der Waals surface area contributed by atoms with Crippen LogP contribution in [-0.2, 0) is 0 Å². The Morgan fingerprint density at radius 1 is 1.30 bits per heavy atom. The van der Waals surface area contributed by atoms with Crippen LogP contribution in [0.1, 0.15) is 65.7 Å². The van der Waals surface area contributed by atoms with Crippen molar-refractivity contribution in [1.82, 2.24) is 5.32 Å². The molecule has 0 aliphatic heterocycles. The van der Waals surface area contributed by atoms with E-state index in [1.54, 1.807) is 5.57 Å². The maximum absolute atomic E-state index is 10.5. The molecule has 152 valence electrons. The van der Waals surface area contributed by atoms with Gasteiger partial charge in [0.1, 0.15) is 0 Å². The van der Waals surface area contributed by atoms with Crippen molar-refractivity contribution >= 4 is 0 Å². The fraction of sp³-hybridized carbons (Fsp3) is 0.750. The molecule has 0 aromatic heterocycles. The van der Waals surface area contributed by atoms with Gasteiger partial charge in [0.25, 0.3) is 0 Å². The summed E-state index contributed by atoms with van der Waals surface area (Å²) in [7, 11) is 0. The molecule has 3 heteroatoms. The van der Waals surface area contributed by atoms with Gasteiger partial charge in [0, 0.05) is 12.3 Å². The summed E-state index contributed by atoms with van der Waals surface area (Å²) in [4.78, 5) is 0. The molecule has 2 aliphatic rings. The Morgan fingerprint density at radius 2 is 2.11 bits per heavy atom. The SMILES string of the molecule is CC#CC[C@H](C)[C@H](O)C=C[C@@H]1[C@H]2CC(=CCCCCNCC)C[C@H]2C[C@H]1O. The minimum absolute atomic E-state index is 0.129. The number of unbranched alkanes of at least 4 members (excludes halogenated alkanes) is 2. The molecule has 2 fully saturated rings. The zero-order chi connectivity index (χ0) is 19.6. The molecule has 0 heterocycles. The summed E-state index contributed by atoms with van der Waals surface area (Å²) in [6.07, 6.45) is 13.3. The van der Waals surface area contributed by atoms with Crippen LogP contribution in [0.5, 0.6) is 0 Å². The van der Waals surface area contributed by atoms with Gasteiger partial charge in [-0.15, -0.1) is 11.8 Å². The Kier molecular flexibility index (Phi) is 9.62. The molecule has 2 rings (SSSR count). The van der Waals surface area contributed by atoms with Crippen LogP contribution in [0.3, 0.4) is 0 Å². The molecule has 0 bridgehead atoms. The van der Waals surface area contributed by atoms with Crippen LogP contribution in [0.15, 0.2) is 23.8 Å². The summed E-state index contributed by atoms with van der Waals surface area (Å²) < 4.78 is 0. The fourth-order valence-electron chi connectivity index (χ4n) is 4.63. The first-order valence-electron chi connectivity index (χ1n) is 10.9. The lowest BCUT2D eigenvalue weighted by Gasteiger charge is -2.19. The van der Waals surface area contributed by atoms with Gasteiger partial charge in [-0.1, -0.05) is 37.6 Å². The molecule has 0 unspecified atom stereocenters. The topological polar surface area (TPSA) is 52.5 Å². The Hall–Kier alpha value is -1.08. The highest BCUT2D eigenvalue weighted by molar-refractivity contribution is 5.18. The molecule has 0 spiro atoms. The average Bonchev–Trinajstić information content (AvgIpc) is 3.17. The van der Waals surface area contributed by atoms with E-state index < -0.39 is 6.10 Å². The van der Waals surface area contributed by atoms with Crippen LogP contribution in [-0.4, -0.2) is 35.5 Å². The zero-order valence-corrected chi connectivity index (χ0v) is 17.5. The van der Waals surface area contributed by atoms with Crippen molar-refractivity contribution in [2.45, 2.75) is 77.9 Å². The van der Waals surface area contributed by atoms with Crippen molar-refractivity contribution in [3.8, 4) is 11.8 Å². The fourth-order valence-corrected chi connectivity index (χ4v) is 4.63. The Balaban J connectivity index is 1.83. The van der Waals surface area contributed by atoms with E-state index in [1.807, 2.05) is 19.9 Å². The van der Waals surface area contributed by atoms with E-state index in [1.165, 1.54) is 19.3 Å². The van der Waals surface area contributed by atoms with Crippen LogP contribution < -0.4 is 5.32 Å². The third-order valence-electron chi connectivity index (χ3n) is 6.32. The van der Waals surface area contributed by atoms with Crippen LogP contribution in [0.4, 0.5) is 0 Å². The maximum atomic E-state index is 10.5. The number of hydrogen-bond acceptors (Lipinski definition) is 3. The molecular formula is C24H39NO2. The van der Waals surface area contributed by atoms with Gasteiger partial charge in [-0.25, -0.2) is 0 Å². The molecule has 2 saturated carbocycles. The molecule has 6 atom stereocenters. The van der Waals surface area contributed by atoms with Crippen LogP contribution >= 0.6 is 0 Å². The number of hydrogen-bond donors (Lipinski definition) is 3. The van der Waals surface area contributed by atoms with Gasteiger partial charge < -0.3 is 15.5 Å². The first-order chi connectivity index (χ1) is 13.1. The van der Waals surface area contributed by atoms with Crippen LogP contribution in [0.25, 0.3) is 0 Å². The highest BCUT2D eigenvalue weighted by Crippen LogP contribution is 2.50. The third-order valence-corrected chi connectivity index (χ3v) is 6.32. The standard InChI is InChI=1S/C24H39NO2/c1-4-6-10-18(3)23(26)13-12-21-22-16-19(15-20(22)17-24(21)27)11-8-7-9-14-25-5-2/h11-13,18,20-27H,5,7-10,14-17H2,1-3H3/t18-,20-,21+,22-,23+,24+/m0/s1. The van der Waals surface area contributed by atoms with E-state index in [2.05, 4.69) is 36.2 Å². The molecule has 27 heavy (non-hydrogen) atoms. The zero-order valence-electron chi connectivity index (χ0n) is 17.5. The normalized spacial score (nSPS) is 31.1. The van der Waals surface area contributed by atoms with Gasteiger partial charge in [0.15, 0.2) is 0 Å². The molecule has 0 aromatic carbocycles. The molecule has 3 N–H and O–H groups in total. The van der Waals surface area contributed by atoms with E-state index in [4.69, 9.17) is 0 Å². The first-order valence-corrected chi connectivity index (χ1v) is 10.9. The summed E-state index contributed by atoms with van der Waals surface area (Å²) in [5, 5.41) is 24.2. The Morgan fingerprint density at radius 3 is 2.85 bits per heavy atom. The largest absolute Gasteiger partial charge is 0.392 e. The van der Waals surface area contributed by atoms with E-state index in [0.29, 0.717) is 18.3 Å². The minimum atomic E-state index is -0.481. The number of nitrogens with one attached hydrogen (secondary N) is 1. The highest BCUT2D eigenvalue weighted by atomic mass is 16.3. The van der Waals surface area contributed by atoms with Crippen LogP contribution in [0, 0.1) is 35.5 Å². The first kappa shape index (κ1) is 22.2. The van der Waals surface area contributed by atoms with Gasteiger partial charge >= 0.3 is 0 Å². The monoisotopic (exact) mass is 373 g/mol. The molecular weight excluding hydrogens is 334 g/mol. The van der Waals surface area contributed by atoms with Crippen molar-refractivity contribution in [1.29, 1.82) is 0 Å². The lowest BCUT2D eigenvalue weighted by Crippen LogP contribution is -2.19. The highest BCUT2D eigenvalue weighted by Gasteiger charge is 2.44. The van der Waals surface area contributed by atoms with E-state index in [-0.39, 0.29) is 17.9 Å². The summed E-state index contributed by atoms with van der Waals surface area (Å²) in [6, 6.07) is 0. The Labute approximate surface area is 166 Å². The molecule has 0 saturated heterocycles. The number of rotatable bonds is 10. The summed E-state index contributed by atoms with van der Waals surface area (Å²) in [5.74, 6) is 7.40. The third kappa shape index (κ3) is 6.79. The second-order valence-electron chi connectivity index (χ2n) is 8.41. The summed E-state index contributed by atoms with van der Waals surface area (Å²) in [6.45, 7) is 8.18. The number of aliphatic hydroxyl groups is 2. The molecule has 2 aliphatic carbocycles. The molecule has 3 nitrogen and oxygen atoms in total. The smallest absolute Gasteiger partial charge is 0.0755 e. The maximum Gasteiger partial charge on any atom is 0.0755 e. The quantitative estimate of drug-likeness (QED) is 0.307. The molecule has 0 amide bonds. The van der Waals surface area contributed by atoms with E-state index in [9.17, 15) is 10.2 Å². The molecule has 0 aromatic rings. The Bertz CT molecular complexity index is 556. The lowest BCUT2D eigenvalue weighted by molar-refractivity contribution is 0.137. The van der Waals surface area contributed by atoms with Gasteiger partial charge in [0.2, 0.25) is 0 Å². The van der Waals surface area contributed by atoms with Crippen molar-refractivity contribution < 1.29 is 10.2 Å². The minimum Gasteiger partial charge on any atom is -0.392 e. The second kappa shape index (κ2) is 11.7. The average molecular weight is 374 g/mol. The van der Waals surface area contributed by atoms with Crippen LogP contribution in [0.2, 0.25) is 0 Å². The molecule has 0 radical (unpaired) electrons. The van der Waals surface area contributed by atoms with Crippen molar-refractivity contribution in [2.24, 2.45) is 23.7 Å². The predicted molar refractivity (Wildman–Crippen MR) is 113 cm³/mol. The summed E-state index contributed by atoms with van der Waals surface area (Å²) >= 11 is 0. The lowest BCUT2D eigenvalue weighted by atomic mass is 9.89. The van der Waals surface area contributed by atoms with Crippen molar-refractivity contribution in [3.63, 3.8) is 0 Å². The summed E-state index contributed by atoms with van der Waals surface area (Å²) in [5.41, 5.74) is 1.59. The number of allylic oxidation sites excluding steroid dienone is 2. The van der Waals surface area contributed by atoms with Gasteiger partial charge in [-0.05, 0) is 76.3 Å². The number of fused-ring (bicyclic) bond motifs is 1. The van der Waals surface area contributed by atoms with Gasteiger partial charge in [-0.3, -0.25) is 0 Å². The predicted octanol–water partition coefficient (Wildman–Crippen LogP) is 4.07.